The monoisotopic (exact) mass is 325 g/mol. The summed E-state index contributed by atoms with van der Waals surface area (Å²) in [5.74, 6) is -0.200. The number of benzene rings is 2. The molecule has 0 bridgehead atoms. The van der Waals surface area contributed by atoms with E-state index in [0.717, 1.165) is 17.7 Å². The van der Waals surface area contributed by atoms with Gasteiger partial charge in [0.1, 0.15) is 0 Å². The molecule has 0 radical (unpaired) electrons. The van der Waals surface area contributed by atoms with Crippen LogP contribution in [0.25, 0.3) is 0 Å². The van der Waals surface area contributed by atoms with Crippen molar-refractivity contribution >= 4 is 17.5 Å². The van der Waals surface area contributed by atoms with E-state index in [2.05, 4.69) is 16.0 Å². The van der Waals surface area contributed by atoms with Crippen molar-refractivity contribution in [1.82, 2.24) is 10.6 Å². The van der Waals surface area contributed by atoms with Crippen LogP contribution < -0.4 is 16.0 Å². The normalized spacial score (nSPS) is 11.4. The summed E-state index contributed by atoms with van der Waals surface area (Å²) in [5, 5.41) is 8.66. The summed E-state index contributed by atoms with van der Waals surface area (Å²) in [5.41, 5.74) is 2.48. The van der Waals surface area contributed by atoms with Crippen LogP contribution in [0.3, 0.4) is 0 Å². The highest BCUT2D eigenvalue weighted by Gasteiger charge is 2.12. The van der Waals surface area contributed by atoms with E-state index in [1.807, 2.05) is 37.3 Å². The number of amides is 2. The lowest BCUT2D eigenvalue weighted by Gasteiger charge is -2.18. The second kappa shape index (κ2) is 8.72. The zero-order valence-corrected chi connectivity index (χ0v) is 14.0. The third kappa shape index (κ3) is 4.84. The molecule has 2 amide bonds. The van der Waals surface area contributed by atoms with Crippen molar-refractivity contribution in [3.05, 3.63) is 65.7 Å². The lowest BCUT2D eigenvalue weighted by molar-refractivity contribution is -0.120. The second-order valence-corrected chi connectivity index (χ2v) is 5.45. The number of rotatable bonds is 7. The minimum Gasteiger partial charge on any atom is -0.376 e. The smallest absolute Gasteiger partial charge is 0.251 e. The van der Waals surface area contributed by atoms with Crippen molar-refractivity contribution in [3.8, 4) is 0 Å². The molecule has 126 valence electrons. The zero-order valence-electron chi connectivity index (χ0n) is 14.0. The van der Waals surface area contributed by atoms with Crippen molar-refractivity contribution in [2.45, 2.75) is 19.4 Å². The number of carbonyl (C=O) groups is 2. The molecule has 0 saturated carbocycles. The summed E-state index contributed by atoms with van der Waals surface area (Å²) in [6.45, 7) is 2.23. The average molecular weight is 325 g/mol. The van der Waals surface area contributed by atoms with Crippen molar-refractivity contribution < 1.29 is 9.59 Å². The maximum absolute atomic E-state index is 12.1. The molecule has 0 heterocycles. The Bertz CT molecular complexity index is 669. The van der Waals surface area contributed by atoms with Gasteiger partial charge in [0, 0.05) is 18.3 Å². The lowest BCUT2D eigenvalue weighted by Crippen LogP contribution is -2.33. The first kappa shape index (κ1) is 17.5. The Kier molecular flexibility index (Phi) is 6.37. The molecule has 0 saturated heterocycles. The van der Waals surface area contributed by atoms with Gasteiger partial charge in [0.25, 0.3) is 5.91 Å². The standard InChI is InChI=1S/C19H23N3O2/c1-3-17(14-7-5-4-6-8-14)22-18(23)13-21-16-11-9-15(10-12-16)19(24)20-2/h4-12,17,21H,3,13H2,1-2H3,(H,20,24)(H,22,23). The Balaban J connectivity index is 1.87. The lowest BCUT2D eigenvalue weighted by atomic mass is 10.0. The summed E-state index contributed by atoms with van der Waals surface area (Å²) in [4.78, 5) is 23.6. The Morgan fingerprint density at radius 2 is 1.67 bits per heavy atom. The van der Waals surface area contributed by atoms with Crippen molar-refractivity contribution in [2.24, 2.45) is 0 Å². The third-order valence-electron chi connectivity index (χ3n) is 3.77. The van der Waals surface area contributed by atoms with Crippen LogP contribution >= 0.6 is 0 Å². The fraction of sp³-hybridized carbons (Fsp3) is 0.263. The Morgan fingerprint density at radius 3 is 2.25 bits per heavy atom. The zero-order chi connectivity index (χ0) is 17.4. The Labute approximate surface area is 142 Å². The van der Waals surface area contributed by atoms with E-state index in [4.69, 9.17) is 0 Å². The minimum atomic E-state index is -0.132. The van der Waals surface area contributed by atoms with Gasteiger partial charge in [0.05, 0.1) is 12.6 Å². The van der Waals surface area contributed by atoms with E-state index in [9.17, 15) is 9.59 Å². The van der Waals surface area contributed by atoms with Crippen molar-refractivity contribution in [3.63, 3.8) is 0 Å². The highest BCUT2D eigenvalue weighted by molar-refractivity contribution is 5.94. The summed E-state index contributed by atoms with van der Waals surface area (Å²) < 4.78 is 0. The third-order valence-corrected chi connectivity index (χ3v) is 3.77. The molecular weight excluding hydrogens is 302 g/mol. The molecule has 0 aliphatic rings. The molecule has 5 nitrogen and oxygen atoms in total. The van der Waals surface area contributed by atoms with Gasteiger partial charge in [-0.05, 0) is 36.2 Å². The van der Waals surface area contributed by atoms with Crippen LogP contribution in [-0.4, -0.2) is 25.4 Å². The topological polar surface area (TPSA) is 70.2 Å². The van der Waals surface area contributed by atoms with Crippen molar-refractivity contribution in [2.75, 3.05) is 18.9 Å². The largest absolute Gasteiger partial charge is 0.376 e. The number of hydrogen-bond donors (Lipinski definition) is 3. The summed E-state index contributed by atoms with van der Waals surface area (Å²) in [6.07, 6.45) is 0.830. The Morgan fingerprint density at radius 1 is 1.00 bits per heavy atom. The summed E-state index contributed by atoms with van der Waals surface area (Å²) >= 11 is 0. The van der Waals surface area contributed by atoms with Crippen LogP contribution in [0.4, 0.5) is 5.69 Å². The quantitative estimate of drug-likeness (QED) is 0.733. The van der Waals surface area contributed by atoms with Crippen molar-refractivity contribution in [1.29, 1.82) is 0 Å². The van der Waals surface area contributed by atoms with Gasteiger partial charge < -0.3 is 16.0 Å². The van der Waals surface area contributed by atoms with Gasteiger partial charge in [-0.25, -0.2) is 0 Å². The van der Waals surface area contributed by atoms with Crippen LogP contribution in [0.5, 0.6) is 0 Å². The molecule has 0 aliphatic heterocycles. The summed E-state index contributed by atoms with van der Waals surface area (Å²) in [6, 6.07) is 16.9. The molecule has 0 aliphatic carbocycles. The van der Waals surface area contributed by atoms with E-state index in [1.54, 1.807) is 31.3 Å². The maximum atomic E-state index is 12.1. The first-order chi connectivity index (χ1) is 11.6. The molecule has 2 rings (SSSR count). The fourth-order valence-electron chi connectivity index (χ4n) is 2.42. The number of carbonyl (C=O) groups excluding carboxylic acids is 2. The molecule has 0 aromatic heterocycles. The van der Waals surface area contributed by atoms with Crippen LogP contribution in [0.2, 0.25) is 0 Å². The van der Waals surface area contributed by atoms with Gasteiger partial charge in [-0.1, -0.05) is 37.3 Å². The van der Waals surface area contributed by atoms with E-state index >= 15 is 0 Å². The number of hydrogen-bond acceptors (Lipinski definition) is 3. The molecule has 3 N–H and O–H groups in total. The van der Waals surface area contributed by atoms with E-state index in [-0.39, 0.29) is 24.4 Å². The number of nitrogens with one attached hydrogen (secondary N) is 3. The first-order valence-electron chi connectivity index (χ1n) is 8.04. The average Bonchev–Trinajstić information content (AvgIpc) is 2.65. The molecule has 1 atom stereocenters. The molecule has 2 aromatic rings. The molecule has 5 heteroatoms. The maximum Gasteiger partial charge on any atom is 0.251 e. The van der Waals surface area contributed by atoms with Crippen LogP contribution in [0.1, 0.15) is 35.3 Å². The SMILES string of the molecule is CCC(NC(=O)CNc1ccc(C(=O)NC)cc1)c1ccccc1. The van der Waals surface area contributed by atoms with E-state index in [1.165, 1.54) is 0 Å². The van der Waals surface area contributed by atoms with Gasteiger partial charge in [0.2, 0.25) is 5.91 Å². The van der Waals surface area contributed by atoms with Crippen LogP contribution in [0.15, 0.2) is 54.6 Å². The van der Waals surface area contributed by atoms with E-state index < -0.39 is 0 Å². The van der Waals surface area contributed by atoms with Gasteiger partial charge >= 0.3 is 0 Å². The molecule has 0 fully saturated rings. The predicted molar refractivity (Wildman–Crippen MR) is 95.9 cm³/mol. The van der Waals surface area contributed by atoms with E-state index in [0.29, 0.717) is 5.56 Å². The van der Waals surface area contributed by atoms with Crippen LogP contribution in [-0.2, 0) is 4.79 Å². The number of anilines is 1. The van der Waals surface area contributed by atoms with Gasteiger partial charge in [-0.3, -0.25) is 9.59 Å². The predicted octanol–water partition coefficient (Wildman–Crippen LogP) is 2.73. The molecule has 24 heavy (non-hydrogen) atoms. The highest BCUT2D eigenvalue weighted by Crippen LogP contribution is 2.15. The molecule has 1 unspecified atom stereocenters. The van der Waals surface area contributed by atoms with Crippen LogP contribution in [0, 0.1) is 0 Å². The minimum absolute atomic E-state index is 0.0103. The highest BCUT2D eigenvalue weighted by atomic mass is 16.2. The molecule has 2 aromatic carbocycles. The first-order valence-corrected chi connectivity index (χ1v) is 8.04. The summed E-state index contributed by atoms with van der Waals surface area (Å²) in [7, 11) is 1.59. The Hall–Kier alpha value is -2.82. The van der Waals surface area contributed by atoms with Gasteiger partial charge in [-0.15, -0.1) is 0 Å². The van der Waals surface area contributed by atoms with Gasteiger partial charge in [-0.2, -0.15) is 0 Å². The fourth-order valence-corrected chi connectivity index (χ4v) is 2.42. The molecular formula is C19H23N3O2. The van der Waals surface area contributed by atoms with Gasteiger partial charge in [0.15, 0.2) is 0 Å². The molecule has 0 spiro atoms. The second-order valence-electron chi connectivity index (χ2n) is 5.45.